The molecule has 2 rings (SSSR count). The van der Waals surface area contributed by atoms with Crippen LogP contribution in [0.1, 0.15) is 12.8 Å². The molecule has 0 atom stereocenters. The van der Waals surface area contributed by atoms with Crippen LogP contribution in [0.4, 0.5) is 10.3 Å². The van der Waals surface area contributed by atoms with E-state index in [4.69, 9.17) is 11.5 Å². The number of nitrogen functional groups attached to an aromatic ring is 2. The molecule has 0 fully saturated rings. The topological polar surface area (TPSA) is 104 Å². The van der Waals surface area contributed by atoms with Crippen LogP contribution in [-0.2, 0) is 0 Å². The molecule has 4 N–H and O–H groups in total. The average Bonchev–Trinajstić information content (AvgIpc) is 2.93. The summed E-state index contributed by atoms with van der Waals surface area (Å²) < 4.78 is 1.88. The molecule has 2 aromatic heterocycles. The molecule has 0 radical (unpaired) electrons. The summed E-state index contributed by atoms with van der Waals surface area (Å²) in [6.45, 7) is 0. The third kappa shape index (κ3) is 4.59. The lowest BCUT2D eigenvalue weighted by molar-refractivity contribution is 0.902. The Labute approximate surface area is 121 Å². The summed E-state index contributed by atoms with van der Waals surface area (Å²) in [6.07, 6.45) is 2.26. The molecular weight excluding hydrogens is 308 g/mol. The lowest BCUT2D eigenvalue weighted by Crippen LogP contribution is -1.84. The molecule has 2 heterocycles. The van der Waals surface area contributed by atoms with E-state index >= 15 is 0 Å². The molecule has 10 heteroatoms. The molecule has 18 heavy (non-hydrogen) atoms. The third-order valence-corrected chi connectivity index (χ3v) is 5.78. The molecule has 0 saturated heterocycles. The smallest absolute Gasteiger partial charge is 0.203 e. The van der Waals surface area contributed by atoms with E-state index in [9.17, 15) is 0 Å². The molecule has 0 amide bonds. The fourth-order valence-corrected chi connectivity index (χ4v) is 4.49. The number of nitrogens with zero attached hydrogens (tertiary/aromatic N) is 4. The Balaban J connectivity index is 1.54. The summed E-state index contributed by atoms with van der Waals surface area (Å²) in [5.41, 5.74) is 11.0. The van der Waals surface area contributed by atoms with Crippen LogP contribution in [-0.4, -0.2) is 31.9 Å². The van der Waals surface area contributed by atoms with Crippen molar-refractivity contribution >= 4 is 56.5 Å². The zero-order chi connectivity index (χ0) is 12.8. The highest BCUT2D eigenvalue weighted by Crippen LogP contribution is 2.26. The van der Waals surface area contributed by atoms with Crippen LogP contribution < -0.4 is 11.5 Å². The first kappa shape index (κ1) is 13.8. The first-order chi connectivity index (χ1) is 8.74. The Hall–Kier alpha value is -0.580. The number of unbranched alkanes of at least 4 members (excludes halogenated alkanes) is 1. The summed E-state index contributed by atoms with van der Waals surface area (Å²) in [7, 11) is 0. The van der Waals surface area contributed by atoms with Crippen LogP contribution in [0, 0.1) is 0 Å². The highest BCUT2D eigenvalue weighted by Gasteiger charge is 2.03. The lowest BCUT2D eigenvalue weighted by atomic mass is 10.4. The second kappa shape index (κ2) is 7.12. The summed E-state index contributed by atoms with van der Waals surface area (Å²) in [4.78, 5) is 0. The van der Waals surface area contributed by atoms with Crippen LogP contribution in [0.3, 0.4) is 0 Å². The quantitative estimate of drug-likeness (QED) is 0.591. The number of anilines is 2. The minimum Gasteiger partial charge on any atom is -0.374 e. The molecule has 98 valence electrons. The molecule has 2 aromatic rings. The third-order valence-electron chi connectivity index (χ3n) is 1.83. The molecule has 0 unspecified atom stereocenters. The first-order valence-electron chi connectivity index (χ1n) is 5.17. The second-order valence-corrected chi connectivity index (χ2v) is 7.92. The molecule has 0 aliphatic rings. The van der Waals surface area contributed by atoms with E-state index < -0.39 is 0 Å². The van der Waals surface area contributed by atoms with Crippen molar-refractivity contribution in [2.24, 2.45) is 0 Å². The SMILES string of the molecule is Nc1nnc(SCCCCSc2nnc(N)s2)s1. The highest BCUT2D eigenvalue weighted by molar-refractivity contribution is 8.01. The predicted octanol–water partition coefficient (Wildman–Crippen LogP) is 2.22. The number of rotatable bonds is 7. The number of aromatic nitrogens is 4. The highest BCUT2D eigenvalue weighted by atomic mass is 32.2. The van der Waals surface area contributed by atoms with E-state index in [1.54, 1.807) is 23.5 Å². The average molecular weight is 320 g/mol. The summed E-state index contributed by atoms with van der Waals surface area (Å²) in [5.74, 6) is 2.07. The van der Waals surface area contributed by atoms with Gasteiger partial charge in [-0.25, -0.2) is 0 Å². The minimum atomic E-state index is 0.530. The van der Waals surface area contributed by atoms with Crippen LogP contribution in [0.5, 0.6) is 0 Å². The molecule has 0 aromatic carbocycles. The summed E-state index contributed by atoms with van der Waals surface area (Å²) in [5, 5.41) is 16.5. The van der Waals surface area contributed by atoms with Gasteiger partial charge in [-0.05, 0) is 12.8 Å². The van der Waals surface area contributed by atoms with Gasteiger partial charge >= 0.3 is 0 Å². The van der Waals surface area contributed by atoms with Gasteiger partial charge in [0.15, 0.2) is 8.68 Å². The van der Waals surface area contributed by atoms with Crippen molar-refractivity contribution in [3.8, 4) is 0 Å². The monoisotopic (exact) mass is 320 g/mol. The number of hydrogen-bond acceptors (Lipinski definition) is 10. The van der Waals surface area contributed by atoms with Gasteiger partial charge in [-0.2, -0.15) is 0 Å². The zero-order valence-electron chi connectivity index (χ0n) is 9.40. The maximum Gasteiger partial charge on any atom is 0.203 e. The van der Waals surface area contributed by atoms with E-state index in [0.717, 1.165) is 33.0 Å². The first-order valence-corrected chi connectivity index (χ1v) is 8.78. The Kier molecular flexibility index (Phi) is 5.47. The van der Waals surface area contributed by atoms with Gasteiger partial charge in [-0.15, -0.1) is 20.4 Å². The molecule has 0 aliphatic carbocycles. The van der Waals surface area contributed by atoms with Gasteiger partial charge < -0.3 is 11.5 Å². The standard InChI is InChI=1S/C8H12N6S4/c9-5-11-13-7(17-5)15-3-1-2-4-16-8-14-12-6(10)18-8/h1-4H2,(H2,9,11)(H2,10,12). The maximum atomic E-state index is 5.50. The van der Waals surface area contributed by atoms with Crippen molar-refractivity contribution < 1.29 is 0 Å². The predicted molar refractivity (Wildman–Crippen MR) is 79.3 cm³/mol. The van der Waals surface area contributed by atoms with Crippen LogP contribution in [0.25, 0.3) is 0 Å². The van der Waals surface area contributed by atoms with Gasteiger partial charge in [-0.3, -0.25) is 0 Å². The van der Waals surface area contributed by atoms with Gasteiger partial charge in [-0.1, -0.05) is 46.2 Å². The zero-order valence-corrected chi connectivity index (χ0v) is 12.7. The van der Waals surface area contributed by atoms with Gasteiger partial charge in [0, 0.05) is 11.5 Å². The fourth-order valence-electron chi connectivity index (χ4n) is 1.08. The second-order valence-electron chi connectivity index (χ2n) is 3.22. The number of nitrogens with two attached hydrogens (primary N) is 2. The fraction of sp³-hybridized carbons (Fsp3) is 0.500. The molecule has 0 bridgehead atoms. The van der Waals surface area contributed by atoms with Crippen molar-refractivity contribution in [2.75, 3.05) is 23.0 Å². The maximum absolute atomic E-state index is 5.50. The van der Waals surface area contributed by atoms with Crippen molar-refractivity contribution in [3.63, 3.8) is 0 Å². The van der Waals surface area contributed by atoms with E-state index in [0.29, 0.717) is 10.3 Å². The van der Waals surface area contributed by atoms with Crippen LogP contribution >= 0.6 is 46.2 Å². The minimum absolute atomic E-state index is 0.530. The number of hydrogen-bond donors (Lipinski definition) is 2. The molecule has 0 saturated carbocycles. The lowest BCUT2D eigenvalue weighted by Gasteiger charge is -1.97. The van der Waals surface area contributed by atoms with Gasteiger partial charge in [0.05, 0.1) is 0 Å². The van der Waals surface area contributed by atoms with Crippen molar-refractivity contribution in [1.29, 1.82) is 0 Å². The van der Waals surface area contributed by atoms with Crippen molar-refractivity contribution in [3.05, 3.63) is 0 Å². The molecular formula is C8H12N6S4. The molecule has 0 aliphatic heterocycles. The van der Waals surface area contributed by atoms with E-state index in [1.807, 2.05) is 0 Å². The number of thioether (sulfide) groups is 2. The van der Waals surface area contributed by atoms with Gasteiger partial charge in [0.1, 0.15) is 0 Å². The van der Waals surface area contributed by atoms with Crippen molar-refractivity contribution in [2.45, 2.75) is 21.5 Å². The molecule has 0 spiro atoms. The summed E-state index contributed by atoms with van der Waals surface area (Å²) in [6, 6.07) is 0. The van der Waals surface area contributed by atoms with Crippen LogP contribution in [0.2, 0.25) is 0 Å². The Bertz CT molecular complexity index is 439. The normalized spacial score (nSPS) is 10.9. The van der Waals surface area contributed by atoms with E-state index in [2.05, 4.69) is 20.4 Å². The largest absolute Gasteiger partial charge is 0.374 e. The van der Waals surface area contributed by atoms with E-state index in [-0.39, 0.29) is 0 Å². The summed E-state index contributed by atoms with van der Waals surface area (Å²) >= 11 is 6.27. The van der Waals surface area contributed by atoms with Crippen LogP contribution in [0.15, 0.2) is 8.68 Å². The molecule has 6 nitrogen and oxygen atoms in total. The van der Waals surface area contributed by atoms with Crippen molar-refractivity contribution in [1.82, 2.24) is 20.4 Å². The Morgan fingerprint density at radius 3 is 1.56 bits per heavy atom. The van der Waals surface area contributed by atoms with Gasteiger partial charge in [0.2, 0.25) is 10.3 Å². The Morgan fingerprint density at radius 1 is 0.778 bits per heavy atom. The van der Waals surface area contributed by atoms with E-state index in [1.165, 1.54) is 22.7 Å². The Morgan fingerprint density at radius 2 is 1.22 bits per heavy atom. The van der Waals surface area contributed by atoms with Gasteiger partial charge in [0.25, 0.3) is 0 Å².